The molecule has 1 atom stereocenters. The fraction of sp³-hybridized carbons (Fsp3) is 0.500. The van der Waals surface area contributed by atoms with Crippen molar-refractivity contribution in [3.8, 4) is 0 Å². The Morgan fingerprint density at radius 2 is 2.12 bits per heavy atom. The Morgan fingerprint density at radius 3 is 2.65 bits per heavy atom. The highest BCUT2D eigenvalue weighted by molar-refractivity contribution is 5.86. The first kappa shape index (κ1) is 12.1. The molecule has 17 heavy (non-hydrogen) atoms. The molecule has 1 aromatic carbocycles. The normalized spacial score (nSPS) is 18.7. The van der Waals surface area contributed by atoms with Crippen molar-refractivity contribution in [2.45, 2.75) is 32.2 Å². The van der Waals surface area contributed by atoms with Gasteiger partial charge >= 0.3 is 0 Å². The van der Waals surface area contributed by atoms with Gasteiger partial charge in [-0.15, -0.1) is 0 Å². The molecule has 3 nitrogen and oxygen atoms in total. The molecule has 1 aliphatic rings. The third-order valence-electron chi connectivity index (χ3n) is 3.62. The first-order valence-electron chi connectivity index (χ1n) is 6.15. The molecule has 2 rings (SSSR count). The highest BCUT2D eigenvalue weighted by Crippen LogP contribution is 2.30. The maximum Gasteiger partial charge on any atom is 0.242 e. The summed E-state index contributed by atoms with van der Waals surface area (Å²) in [5.74, 6) is 0.408. The van der Waals surface area contributed by atoms with Crippen molar-refractivity contribution in [3.63, 3.8) is 0 Å². The van der Waals surface area contributed by atoms with Crippen LogP contribution in [0.4, 0.5) is 0 Å². The van der Waals surface area contributed by atoms with Crippen LogP contribution in [0, 0.1) is 12.8 Å². The number of rotatable bonds is 5. The number of carbonyl (C=O) groups is 1. The van der Waals surface area contributed by atoms with Crippen molar-refractivity contribution in [2.24, 2.45) is 11.7 Å². The summed E-state index contributed by atoms with van der Waals surface area (Å²) >= 11 is 0. The molecule has 92 valence electrons. The Hall–Kier alpha value is -1.35. The molecule has 3 heteroatoms. The van der Waals surface area contributed by atoms with Crippen LogP contribution in [0.3, 0.4) is 0 Å². The SMILES string of the molecule is Cc1ccccc1C(C)(NCC1CC1)C(N)=O. The number of nitrogens with one attached hydrogen (secondary N) is 1. The minimum absolute atomic E-state index is 0.313. The molecule has 0 radical (unpaired) electrons. The Morgan fingerprint density at radius 1 is 1.47 bits per heavy atom. The van der Waals surface area contributed by atoms with Crippen LogP contribution in [0.2, 0.25) is 0 Å². The van der Waals surface area contributed by atoms with Crippen LogP contribution in [0.1, 0.15) is 30.9 Å². The first-order chi connectivity index (χ1) is 8.04. The fourth-order valence-corrected chi connectivity index (χ4v) is 2.12. The van der Waals surface area contributed by atoms with Crippen molar-refractivity contribution < 1.29 is 4.79 Å². The number of primary amides is 1. The van der Waals surface area contributed by atoms with Crippen molar-refractivity contribution in [1.82, 2.24) is 5.32 Å². The maximum atomic E-state index is 11.8. The van der Waals surface area contributed by atoms with Gasteiger partial charge in [-0.3, -0.25) is 10.1 Å². The number of hydrogen-bond donors (Lipinski definition) is 2. The van der Waals surface area contributed by atoms with E-state index >= 15 is 0 Å². The Bertz CT molecular complexity index is 426. The van der Waals surface area contributed by atoms with Crippen LogP contribution >= 0.6 is 0 Å². The number of benzene rings is 1. The predicted molar refractivity (Wildman–Crippen MR) is 68.5 cm³/mol. The molecule has 0 spiro atoms. The number of aryl methyl sites for hydroxylation is 1. The minimum atomic E-state index is -0.756. The van der Waals surface area contributed by atoms with Crippen LogP contribution in [-0.4, -0.2) is 12.5 Å². The predicted octanol–water partition coefficient (Wildman–Crippen LogP) is 1.70. The monoisotopic (exact) mass is 232 g/mol. The molecule has 1 aliphatic carbocycles. The van der Waals surface area contributed by atoms with E-state index in [1.807, 2.05) is 38.1 Å². The number of nitrogens with two attached hydrogens (primary N) is 1. The molecular weight excluding hydrogens is 212 g/mol. The van der Waals surface area contributed by atoms with E-state index in [4.69, 9.17) is 5.73 Å². The molecule has 1 amide bonds. The van der Waals surface area contributed by atoms with E-state index in [1.165, 1.54) is 12.8 Å². The lowest BCUT2D eigenvalue weighted by Crippen LogP contribution is -2.51. The van der Waals surface area contributed by atoms with Gasteiger partial charge in [0.2, 0.25) is 5.91 Å². The van der Waals surface area contributed by atoms with Gasteiger partial charge in [0.05, 0.1) is 0 Å². The smallest absolute Gasteiger partial charge is 0.242 e. The quantitative estimate of drug-likeness (QED) is 0.811. The zero-order valence-corrected chi connectivity index (χ0v) is 10.5. The van der Waals surface area contributed by atoms with Gasteiger partial charge in [0.1, 0.15) is 5.54 Å². The fourth-order valence-electron chi connectivity index (χ4n) is 2.12. The van der Waals surface area contributed by atoms with E-state index in [2.05, 4.69) is 5.32 Å². The van der Waals surface area contributed by atoms with Crippen molar-refractivity contribution >= 4 is 5.91 Å². The van der Waals surface area contributed by atoms with Crippen LogP contribution in [-0.2, 0) is 10.3 Å². The average Bonchev–Trinajstić information content (AvgIpc) is 3.10. The van der Waals surface area contributed by atoms with E-state index in [9.17, 15) is 4.79 Å². The third kappa shape index (κ3) is 2.50. The van der Waals surface area contributed by atoms with E-state index in [-0.39, 0.29) is 5.91 Å². The molecule has 0 aromatic heterocycles. The van der Waals surface area contributed by atoms with Crippen LogP contribution in [0.25, 0.3) is 0 Å². The average molecular weight is 232 g/mol. The van der Waals surface area contributed by atoms with Gasteiger partial charge in [-0.25, -0.2) is 0 Å². The molecule has 1 saturated carbocycles. The standard InChI is InChI=1S/C14H20N2O/c1-10-5-3-4-6-12(10)14(2,13(15)17)16-9-11-7-8-11/h3-6,11,16H,7-9H2,1-2H3,(H2,15,17). The Kier molecular flexibility index (Phi) is 3.20. The number of hydrogen-bond acceptors (Lipinski definition) is 2. The lowest BCUT2D eigenvalue weighted by Gasteiger charge is -2.29. The lowest BCUT2D eigenvalue weighted by atomic mass is 9.87. The third-order valence-corrected chi connectivity index (χ3v) is 3.62. The van der Waals surface area contributed by atoms with E-state index < -0.39 is 5.54 Å². The number of amides is 1. The van der Waals surface area contributed by atoms with Gasteiger partial charge in [-0.2, -0.15) is 0 Å². The minimum Gasteiger partial charge on any atom is -0.368 e. The second kappa shape index (κ2) is 4.49. The summed E-state index contributed by atoms with van der Waals surface area (Å²) in [4.78, 5) is 11.8. The summed E-state index contributed by atoms with van der Waals surface area (Å²) in [7, 11) is 0. The second-order valence-electron chi connectivity index (χ2n) is 5.13. The van der Waals surface area contributed by atoms with E-state index in [1.54, 1.807) is 0 Å². The van der Waals surface area contributed by atoms with E-state index in [0.29, 0.717) is 0 Å². The highest BCUT2D eigenvalue weighted by Gasteiger charge is 2.35. The van der Waals surface area contributed by atoms with Crippen molar-refractivity contribution in [3.05, 3.63) is 35.4 Å². The van der Waals surface area contributed by atoms with Gasteiger partial charge < -0.3 is 5.73 Å². The highest BCUT2D eigenvalue weighted by atomic mass is 16.1. The molecule has 0 bridgehead atoms. The molecular formula is C14H20N2O. The van der Waals surface area contributed by atoms with Gasteiger partial charge in [-0.05, 0) is 50.3 Å². The van der Waals surface area contributed by atoms with Crippen molar-refractivity contribution in [1.29, 1.82) is 0 Å². The topological polar surface area (TPSA) is 55.1 Å². The van der Waals surface area contributed by atoms with E-state index in [0.717, 1.165) is 23.6 Å². The second-order valence-corrected chi connectivity index (χ2v) is 5.13. The van der Waals surface area contributed by atoms with Gasteiger partial charge in [0, 0.05) is 0 Å². The zero-order chi connectivity index (χ0) is 12.5. The van der Waals surface area contributed by atoms with Crippen LogP contribution in [0.5, 0.6) is 0 Å². The summed E-state index contributed by atoms with van der Waals surface area (Å²) in [6.07, 6.45) is 2.52. The largest absolute Gasteiger partial charge is 0.368 e. The van der Waals surface area contributed by atoms with Crippen LogP contribution < -0.4 is 11.1 Å². The molecule has 3 N–H and O–H groups in total. The maximum absolute atomic E-state index is 11.8. The molecule has 1 aromatic rings. The summed E-state index contributed by atoms with van der Waals surface area (Å²) in [6, 6.07) is 7.90. The molecule has 0 heterocycles. The molecule has 1 unspecified atom stereocenters. The van der Waals surface area contributed by atoms with Crippen LogP contribution in [0.15, 0.2) is 24.3 Å². The van der Waals surface area contributed by atoms with Gasteiger partial charge in [0.15, 0.2) is 0 Å². The summed E-state index contributed by atoms with van der Waals surface area (Å²) in [5.41, 5.74) is 6.90. The zero-order valence-electron chi connectivity index (χ0n) is 10.5. The molecule has 0 aliphatic heterocycles. The Labute approximate surface area is 102 Å². The Balaban J connectivity index is 2.25. The van der Waals surface area contributed by atoms with Gasteiger partial charge in [-0.1, -0.05) is 24.3 Å². The molecule has 0 saturated heterocycles. The first-order valence-corrected chi connectivity index (χ1v) is 6.15. The summed E-state index contributed by atoms with van der Waals surface area (Å²) in [6.45, 7) is 4.75. The molecule has 1 fully saturated rings. The van der Waals surface area contributed by atoms with Gasteiger partial charge in [0.25, 0.3) is 0 Å². The summed E-state index contributed by atoms with van der Waals surface area (Å²) < 4.78 is 0. The summed E-state index contributed by atoms with van der Waals surface area (Å²) in [5, 5.41) is 3.34. The number of carbonyl (C=O) groups excluding carboxylic acids is 1. The van der Waals surface area contributed by atoms with Crippen molar-refractivity contribution in [2.75, 3.05) is 6.54 Å². The lowest BCUT2D eigenvalue weighted by molar-refractivity contribution is -0.124.